The van der Waals surface area contributed by atoms with Gasteiger partial charge in [-0.15, -0.1) is 0 Å². The summed E-state index contributed by atoms with van der Waals surface area (Å²) in [5.41, 5.74) is -0.370. The molecule has 9 heteroatoms. The highest BCUT2D eigenvalue weighted by atomic mass is 35.5. The number of carbonyl (C=O) groups is 1. The van der Waals surface area contributed by atoms with Gasteiger partial charge in [-0.1, -0.05) is 18.5 Å². The summed E-state index contributed by atoms with van der Waals surface area (Å²) in [6.07, 6.45) is 1.69. The summed E-state index contributed by atoms with van der Waals surface area (Å²) in [5, 5.41) is 2.24. The fourth-order valence-corrected chi connectivity index (χ4v) is 5.23. The first-order valence-electron chi connectivity index (χ1n) is 8.74. The molecule has 1 amide bonds. The van der Waals surface area contributed by atoms with Crippen molar-refractivity contribution in [2.24, 2.45) is 5.92 Å². The van der Waals surface area contributed by atoms with E-state index >= 15 is 0 Å². The molecule has 0 radical (unpaired) electrons. The van der Waals surface area contributed by atoms with Gasteiger partial charge in [-0.05, 0) is 49.1 Å². The van der Waals surface area contributed by atoms with E-state index in [2.05, 4.69) is 5.32 Å². The van der Waals surface area contributed by atoms with Gasteiger partial charge in [0.25, 0.3) is 5.91 Å². The van der Waals surface area contributed by atoms with E-state index in [0.29, 0.717) is 13.1 Å². The Balaban J connectivity index is 1.90. The van der Waals surface area contributed by atoms with Crippen LogP contribution in [0.1, 0.15) is 30.1 Å². The summed E-state index contributed by atoms with van der Waals surface area (Å²) in [7, 11) is -3.88. The van der Waals surface area contributed by atoms with E-state index in [9.17, 15) is 22.0 Å². The normalized spacial score (nSPS) is 18.1. The van der Waals surface area contributed by atoms with Gasteiger partial charge in [0, 0.05) is 24.7 Å². The third kappa shape index (κ3) is 4.34. The number of amides is 1. The highest BCUT2D eigenvalue weighted by molar-refractivity contribution is 7.89. The molecule has 1 heterocycles. The smallest absolute Gasteiger partial charge is 0.255 e. The minimum absolute atomic E-state index is 0.00767. The molecular formula is C19H19ClF2N2O3S. The number of carbonyl (C=O) groups excluding carboxylic acids is 1. The van der Waals surface area contributed by atoms with Gasteiger partial charge >= 0.3 is 0 Å². The molecule has 150 valence electrons. The molecule has 0 aromatic heterocycles. The summed E-state index contributed by atoms with van der Waals surface area (Å²) in [6.45, 7) is 2.73. The number of nitrogens with zero attached hydrogens (tertiary/aromatic N) is 1. The molecular weight excluding hydrogens is 410 g/mol. The van der Waals surface area contributed by atoms with E-state index in [0.717, 1.165) is 37.1 Å². The topological polar surface area (TPSA) is 66.5 Å². The van der Waals surface area contributed by atoms with Gasteiger partial charge in [-0.2, -0.15) is 4.31 Å². The van der Waals surface area contributed by atoms with Gasteiger partial charge in [0.05, 0.1) is 10.7 Å². The van der Waals surface area contributed by atoms with Crippen molar-refractivity contribution in [1.29, 1.82) is 0 Å². The molecule has 0 aliphatic carbocycles. The first kappa shape index (κ1) is 20.7. The molecule has 0 saturated carbocycles. The van der Waals surface area contributed by atoms with Crippen molar-refractivity contribution in [3.8, 4) is 0 Å². The second kappa shape index (κ2) is 8.14. The van der Waals surface area contributed by atoms with E-state index < -0.39 is 27.6 Å². The van der Waals surface area contributed by atoms with E-state index in [1.54, 1.807) is 0 Å². The third-order valence-electron chi connectivity index (χ3n) is 4.61. The average molecular weight is 429 g/mol. The predicted molar refractivity (Wildman–Crippen MR) is 103 cm³/mol. The fraction of sp³-hybridized carbons (Fsp3) is 0.316. The molecule has 1 aliphatic rings. The Hall–Kier alpha value is -2.03. The first-order valence-corrected chi connectivity index (χ1v) is 10.6. The van der Waals surface area contributed by atoms with Crippen LogP contribution in [0.25, 0.3) is 0 Å². The Bertz CT molecular complexity index is 1010. The second-order valence-corrected chi connectivity index (χ2v) is 9.15. The molecule has 0 spiro atoms. The predicted octanol–water partition coefficient (Wildman–Crippen LogP) is 4.29. The number of halogens is 3. The zero-order chi connectivity index (χ0) is 20.5. The Morgan fingerprint density at radius 1 is 1.21 bits per heavy atom. The van der Waals surface area contributed by atoms with Crippen molar-refractivity contribution in [3.63, 3.8) is 0 Å². The molecule has 0 bridgehead atoms. The number of rotatable bonds is 4. The van der Waals surface area contributed by atoms with Crippen LogP contribution in [-0.4, -0.2) is 31.7 Å². The van der Waals surface area contributed by atoms with Crippen LogP contribution in [-0.2, 0) is 10.0 Å². The van der Waals surface area contributed by atoms with Crippen molar-refractivity contribution < 1.29 is 22.0 Å². The molecule has 2 aromatic carbocycles. The van der Waals surface area contributed by atoms with Crippen molar-refractivity contribution >= 4 is 33.2 Å². The van der Waals surface area contributed by atoms with E-state index in [-0.39, 0.29) is 27.1 Å². The lowest BCUT2D eigenvalue weighted by atomic mass is 10.0. The Kier molecular flexibility index (Phi) is 6.02. The van der Waals surface area contributed by atoms with Crippen LogP contribution in [0, 0.1) is 17.6 Å². The standard InChI is InChI=1S/C19H19ClF2N2O3S/c1-12-3-2-8-24(11-12)28(26,27)18-9-13(4-6-15(18)20)19(25)23-17-10-14(21)5-7-16(17)22/h4-7,9-10,12H,2-3,8,11H2,1H3,(H,23,25). The maximum atomic E-state index is 13.8. The molecule has 3 rings (SSSR count). The second-order valence-electron chi connectivity index (χ2n) is 6.83. The van der Waals surface area contributed by atoms with Gasteiger partial charge in [-0.3, -0.25) is 4.79 Å². The van der Waals surface area contributed by atoms with Crippen LogP contribution in [0.3, 0.4) is 0 Å². The molecule has 2 aromatic rings. The SMILES string of the molecule is CC1CCCN(S(=O)(=O)c2cc(C(=O)Nc3cc(F)ccc3F)ccc2Cl)C1. The molecule has 1 N–H and O–H groups in total. The highest BCUT2D eigenvalue weighted by Gasteiger charge is 2.31. The van der Waals surface area contributed by atoms with E-state index in [1.807, 2.05) is 6.92 Å². The van der Waals surface area contributed by atoms with Gasteiger partial charge in [-0.25, -0.2) is 17.2 Å². The zero-order valence-corrected chi connectivity index (χ0v) is 16.7. The number of benzene rings is 2. The van der Waals surface area contributed by atoms with Gasteiger partial charge in [0.15, 0.2) is 0 Å². The molecule has 1 unspecified atom stereocenters. The van der Waals surface area contributed by atoms with Crippen LogP contribution in [0.2, 0.25) is 5.02 Å². The average Bonchev–Trinajstić information content (AvgIpc) is 2.65. The highest BCUT2D eigenvalue weighted by Crippen LogP contribution is 2.29. The number of sulfonamides is 1. The summed E-state index contributed by atoms with van der Waals surface area (Å²) in [5.74, 6) is -2.07. The fourth-order valence-electron chi connectivity index (χ4n) is 3.13. The van der Waals surface area contributed by atoms with Crippen LogP contribution in [0.4, 0.5) is 14.5 Å². The molecule has 28 heavy (non-hydrogen) atoms. The van der Waals surface area contributed by atoms with E-state index in [4.69, 9.17) is 11.6 Å². The van der Waals surface area contributed by atoms with Gasteiger partial charge < -0.3 is 5.32 Å². The number of nitrogens with one attached hydrogen (secondary N) is 1. The van der Waals surface area contributed by atoms with Gasteiger partial charge in [0.1, 0.15) is 16.5 Å². The summed E-state index contributed by atoms with van der Waals surface area (Å²) < 4.78 is 54.4. The summed E-state index contributed by atoms with van der Waals surface area (Å²) in [6, 6.07) is 6.45. The Labute approximate surface area is 167 Å². The maximum absolute atomic E-state index is 13.8. The zero-order valence-electron chi connectivity index (χ0n) is 15.1. The molecule has 1 fully saturated rings. The number of hydrogen-bond donors (Lipinski definition) is 1. The summed E-state index contributed by atoms with van der Waals surface area (Å²) in [4.78, 5) is 12.3. The van der Waals surface area contributed by atoms with Crippen molar-refractivity contribution in [3.05, 3.63) is 58.6 Å². The first-order chi connectivity index (χ1) is 13.2. The number of piperidine rings is 1. The van der Waals surface area contributed by atoms with Crippen molar-refractivity contribution in [1.82, 2.24) is 4.31 Å². The van der Waals surface area contributed by atoms with Crippen LogP contribution >= 0.6 is 11.6 Å². The molecule has 1 atom stereocenters. The largest absolute Gasteiger partial charge is 0.319 e. The summed E-state index contributed by atoms with van der Waals surface area (Å²) >= 11 is 6.10. The Morgan fingerprint density at radius 2 is 1.96 bits per heavy atom. The lowest BCUT2D eigenvalue weighted by Crippen LogP contribution is -2.39. The quantitative estimate of drug-likeness (QED) is 0.789. The molecule has 1 aliphatic heterocycles. The van der Waals surface area contributed by atoms with Crippen molar-refractivity contribution in [2.75, 3.05) is 18.4 Å². The van der Waals surface area contributed by atoms with Crippen LogP contribution in [0.15, 0.2) is 41.3 Å². The minimum atomic E-state index is -3.88. The lowest BCUT2D eigenvalue weighted by molar-refractivity contribution is 0.102. The number of hydrogen-bond acceptors (Lipinski definition) is 3. The minimum Gasteiger partial charge on any atom is -0.319 e. The maximum Gasteiger partial charge on any atom is 0.255 e. The monoisotopic (exact) mass is 428 g/mol. The van der Waals surface area contributed by atoms with Crippen molar-refractivity contribution in [2.45, 2.75) is 24.7 Å². The third-order valence-corrected chi connectivity index (χ3v) is 6.95. The van der Waals surface area contributed by atoms with Crippen LogP contribution < -0.4 is 5.32 Å². The lowest BCUT2D eigenvalue weighted by Gasteiger charge is -2.30. The van der Waals surface area contributed by atoms with E-state index in [1.165, 1.54) is 16.4 Å². The number of anilines is 1. The molecule has 5 nitrogen and oxygen atoms in total. The Morgan fingerprint density at radius 3 is 2.68 bits per heavy atom. The molecule has 1 saturated heterocycles. The van der Waals surface area contributed by atoms with Gasteiger partial charge in [0.2, 0.25) is 10.0 Å². The van der Waals surface area contributed by atoms with Crippen LogP contribution in [0.5, 0.6) is 0 Å².